The predicted octanol–water partition coefficient (Wildman–Crippen LogP) is 2.84. The molecule has 1 aromatic carbocycles. The van der Waals surface area contributed by atoms with E-state index in [0.717, 1.165) is 38.8 Å². The van der Waals surface area contributed by atoms with Gasteiger partial charge in [0, 0.05) is 24.7 Å². The maximum absolute atomic E-state index is 13.1. The quantitative estimate of drug-likeness (QED) is 0.317. The van der Waals surface area contributed by atoms with Crippen LogP contribution >= 0.6 is 23.2 Å². The van der Waals surface area contributed by atoms with Crippen molar-refractivity contribution in [3.05, 3.63) is 28.2 Å². The number of carbonyl (C=O) groups excluding carboxylic acids is 2. The molecule has 2 fully saturated rings. The van der Waals surface area contributed by atoms with Crippen molar-refractivity contribution in [2.75, 3.05) is 31.5 Å². The number of aliphatic imine (C=N–C) groups is 1. The van der Waals surface area contributed by atoms with Crippen LogP contribution < -0.4 is 10.6 Å². The Labute approximate surface area is 185 Å². The van der Waals surface area contributed by atoms with Crippen LogP contribution in [-0.4, -0.2) is 59.8 Å². The van der Waals surface area contributed by atoms with Crippen LogP contribution in [0.1, 0.15) is 32.1 Å². The van der Waals surface area contributed by atoms with Crippen molar-refractivity contribution in [1.82, 2.24) is 15.1 Å². The molecule has 3 rings (SSSR count). The van der Waals surface area contributed by atoms with Gasteiger partial charge in [0.05, 0.1) is 17.3 Å². The molecule has 30 heavy (non-hydrogen) atoms. The summed E-state index contributed by atoms with van der Waals surface area (Å²) in [7, 11) is 0. The summed E-state index contributed by atoms with van der Waals surface area (Å²) in [6.45, 7) is 2.11. The number of carbonyl (C=O) groups is 2. The first kappa shape index (κ1) is 22.2. The average molecular weight is 451 g/mol. The molecule has 2 N–H and O–H groups in total. The summed E-state index contributed by atoms with van der Waals surface area (Å²) in [6.07, 6.45) is 5.99. The summed E-state index contributed by atoms with van der Waals surface area (Å²) in [6, 6.07) is 4.20. The standard InChI is InChI=1S/C20H24Cl2N6O2/c21-14-6-7-16(15(22)11-14)25-20(24-13-23)26-17-5-1-2-10-28(19(17)30)12-18(29)27-8-3-4-9-27/h6-7,11,17H,1-5,8-10,12H2,(H2,24,25,26)/t17-/m0/s1. The lowest BCUT2D eigenvalue weighted by molar-refractivity contribution is -0.140. The number of anilines is 1. The molecule has 0 bridgehead atoms. The summed E-state index contributed by atoms with van der Waals surface area (Å²) in [5, 5.41) is 15.3. The number of guanidine groups is 1. The fourth-order valence-electron chi connectivity index (χ4n) is 3.61. The molecule has 0 aromatic heterocycles. The van der Waals surface area contributed by atoms with Gasteiger partial charge in [-0.1, -0.05) is 23.2 Å². The van der Waals surface area contributed by atoms with Gasteiger partial charge in [-0.15, -0.1) is 0 Å². The molecular weight excluding hydrogens is 427 g/mol. The second-order valence-electron chi connectivity index (χ2n) is 7.32. The van der Waals surface area contributed by atoms with Gasteiger partial charge in [0.2, 0.25) is 17.8 Å². The Bertz CT molecular complexity index is 863. The first-order valence-electron chi connectivity index (χ1n) is 9.99. The van der Waals surface area contributed by atoms with E-state index < -0.39 is 6.04 Å². The molecule has 1 aromatic rings. The van der Waals surface area contributed by atoms with Crippen LogP contribution in [0.2, 0.25) is 10.0 Å². The smallest absolute Gasteiger partial charge is 0.247 e. The monoisotopic (exact) mass is 450 g/mol. The normalized spacial score (nSPS) is 20.0. The minimum atomic E-state index is -0.687. The van der Waals surface area contributed by atoms with Crippen molar-refractivity contribution in [3.63, 3.8) is 0 Å². The lowest BCUT2D eigenvalue weighted by Gasteiger charge is -2.25. The van der Waals surface area contributed by atoms with Gasteiger partial charge in [-0.3, -0.25) is 14.9 Å². The molecule has 0 unspecified atom stereocenters. The maximum atomic E-state index is 13.1. The van der Waals surface area contributed by atoms with Crippen LogP contribution in [0.25, 0.3) is 0 Å². The van der Waals surface area contributed by atoms with Gasteiger partial charge < -0.3 is 15.1 Å². The van der Waals surface area contributed by atoms with E-state index in [1.807, 2.05) is 11.1 Å². The average Bonchev–Trinajstić information content (AvgIpc) is 3.20. The highest BCUT2D eigenvalue weighted by molar-refractivity contribution is 6.36. The van der Waals surface area contributed by atoms with Gasteiger partial charge in [0.15, 0.2) is 6.19 Å². The summed E-state index contributed by atoms with van der Waals surface area (Å²) in [5.41, 5.74) is 0.504. The molecule has 2 heterocycles. The van der Waals surface area contributed by atoms with Crippen LogP contribution in [0.3, 0.4) is 0 Å². The van der Waals surface area contributed by atoms with E-state index in [4.69, 9.17) is 28.5 Å². The van der Waals surface area contributed by atoms with Crippen LogP contribution in [0.4, 0.5) is 5.69 Å². The highest BCUT2D eigenvalue weighted by Gasteiger charge is 2.30. The number of nitrogens with zero attached hydrogens (tertiary/aromatic N) is 4. The number of nitrogens with one attached hydrogen (secondary N) is 2. The molecule has 2 aliphatic heterocycles. The van der Waals surface area contributed by atoms with Crippen molar-refractivity contribution in [3.8, 4) is 6.19 Å². The van der Waals surface area contributed by atoms with Gasteiger partial charge in [-0.25, -0.2) is 4.99 Å². The fourth-order valence-corrected chi connectivity index (χ4v) is 4.07. The Morgan fingerprint density at radius 2 is 1.93 bits per heavy atom. The van der Waals surface area contributed by atoms with E-state index in [2.05, 4.69) is 15.6 Å². The molecule has 0 radical (unpaired) electrons. The van der Waals surface area contributed by atoms with Gasteiger partial charge in [-0.2, -0.15) is 5.26 Å². The largest absolute Gasteiger partial charge is 0.341 e. The van der Waals surface area contributed by atoms with Gasteiger partial charge in [0.25, 0.3) is 0 Å². The Morgan fingerprint density at radius 1 is 1.20 bits per heavy atom. The molecule has 8 nitrogen and oxygen atoms in total. The minimum Gasteiger partial charge on any atom is -0.341 e. The third kappa shape index (κ3) is 5.77. The number of hydrogen-bond donors (Lipinski definition) is 2. The number of hydrogen-bond acceptors (Lipinski definition) is 4. The molecule has 0 aliphatic carbocycles. The summed E-state index contributed by atoms with van der Waals surface area (Å²) >= 11 is 12.1. The summed E-state index contributed by atoms with van der Waals surface area (Å²) in [5.74, 6) is -0.110. The predicted molar refractivity (Wildman–Crippen MR) is 116 cm³/mol. The molecular formula is C20H24Cl2N6O2. The van der Waals surface area contributed by atoms with Crippen molar-refractivity contribution in [1.29, 1.82) is 5.26 Å². The highest BCUT2D eigenvalue weighted by atomic mass is 35.5. The molecule has 160 valence electrons. The van der Waals surface area contributed by atoms with Crippen molar-refractivity contribution in [2.24, 2.45) is 4.99 Å². The zero-order chi connectivity index (χ0) is 21.5. The second kappa shape index (κ2) is 10.5. The van der Waals surface area contributed by atoms with E-state index >= 15 is 0 Å². The third-order valence-electron chi connectivity index (χ3n) is 5.18. The fraction of sp³-hybridized carbons (Fsp3) is 0.500. The van der Waals surface area contributed by atoms with E-state index in [0.29, 0.717) is 28.7 Å². The summed E-state index contributed by atoms with van der Waals surface area (Å²) in [4.78, 5) is 33.4. The zero-order valence-electron chi connectivity index (χ0n) is 16.5. The first-order valence-corrected chi connectivity index (χ1v) is 10.7. The second-order valence-corrected chi connectivity index (χ2v) is 8.17. The van der Waals surface area contributed by atoms with Crippen molar-refractivity contribution in [2.45, 2.75) is 38.1 Å². The first-order chi connectivity index (χ1) is 14.5. The third-order valence-corrected chi connectivity index (χ3v) is 5.73. The Morgan fingerprint density at radius 3 is 2.63 bits per heavy atom. The zero-order valence-corrected chi connectivity index (χ0v) is 18.0. The Kier molecular flexibility index (Phi) is 7.77. The molecule has 2 amide bonds. The Hall–Kier alpha value is -2.50. The SMILES string of the molecule is N#CNC(=N[C@H]1CCCCN(CC(=O)N2CCCC2)C1=O)Nc1ccc(Cl)cc1Cl. The maximum Gasteiger partial charge on any atom is 0.247 e. The number of halogens is 2. The van der Waals surface area contributed by atoms with E-state index in [-0.39, 0.29) is 24.3 Å². The number of likely N-dealkylation sites (tertiary alicyclic amines) is 2. The molecule has 0 saturated carbocycles. The molecule has 10 heteroatoms. The number of nitriles is 1. The topological polar surface area (TPSA) is 101 Å². The van der Waals surface area contributed by atoms with E-state index in [9.17, 15) is 9.59 Å². The van der Waals surface area contributed by atoms with E-state index in [1.54, 1.807) is 23.1 Å². The van der Waals surface area contributed by atoms with E-state index in [1.165, 1.54) is 0 Å². The summed E-state index contributed by atoms with van der Waals surface area (Å²) < 4.78 is 0. The molecule has 0 spiro atoms. The lowest BCUT2D eigenvalue weighted by Crippen LogP contribution is -2.45. The van der Waals surface area contributed by atoms with Gasteiger partial charge >= 0.3 is 0 Å². The van der Waals surface area contributed by atoms with Crippen LogP contribution in [-0.2, 0) is 9.59 Å². The van der Waals surface area contributed by atoms with Crippen molar-refractivity contribution >= 4 is 46.7 Å². The van der Waals surface area contributed by atoms with Crippen molar-refractivity contribution < 1.29 is 9.59 Å². The number of amides is 2. The lowest BCUT2D eigenvalue weighted by atomic mass is 10.1. The van der Waals surface area contributed by atoms with Crippen LogP contribution in [0.5, 0.6) is 0 Å². The number of rotatable bonds is 4. The van der Waals surface area contributed by atoms with Gasteiger partial charge in [0.1, 0.15) is 6.04 Å². The molecule has 2 aliphatic rings. The van der Waals surface area contributed by atoms with Crippen LogP contribution in [0, 0.1) is 11.5 Å². The van der Waals surface area contributed by atoms with Crippen LogP contribution in [0.15, 0.2) is 23.2 Å². The van der Waals surface area contributed by atoms with Gasteiger partial charge in [-0.05, 0) is 50.3 Å². The Balaban J connectivity index is 1.74. The highest BCUT2D eigenvalue weighted by Crippen LogP contribution is 2.25. The number of benzene rings is 1. The minimum absolute atomic E-state index is 0.0214. The molecule has 2 saturated heterocycles. The molecule has 1 atom stereocenters.